The Morgan fingerprint density at radius 2 is 1.89 bits per heavy atom. The number of carbonyl (C=O) groups is 1. The van der Waals surface area contributed by atoms with Gasteiger partial charge in [0.25, 0.3) is 0 Å². The second-order valence-corrected chi connectivity index (χ2v) is 7.04. The van der Waals surface area contributed by atoms with Crippen molar-refractivity contribution in [3.63, 3.8) is 0 Å². The highest BCUT2D eigenvalue weighted by atomic mass is 16.5. The lowest BCUT2D eigenvalue weighted by atomic mass is 9.75. The first-order chi connectivity index (χ1) is 8.81. The maximum atomic E-state index is 12.1. The van der Waals surface area contributed by atoms with Crippen molar-refractivity contribution in [1.82, 2.24) is 0 Å². The van der Waals surface area contributed by atoms with Gasteiger partial charge in [0.2, 0.25) is 0 Å². The lowest BCUT2D eigenvalue weighted by Crippen LogP contribution is -2.41. The van der Waals surface area contributed by atoms with E-state index in [1.165, 1.54) is 6.42 Å². The van der Waals surface area contributed by atoms with E-state index in [2.05, 4.69) is 34.6 Å². The van der Waals surface area contributed by atoms with E-state index in [0.29, 0.717) is 30.1 Å². The Morgan fingerprint density at radius 3 is 2.42 bits per heavy atom. The molecule has 1 aliphatic rings. The molecule has 0 bridgehead atoms. The molecule has 112 valence electrons. The molecule has 1 rings (SSSR count). The Balaban J connectivity index is 2.58. The van der Waals surface area contributed by atoms with Crippen LogP contribution in [0, 0.1) is 23.7 Å². The van der Waals surface area contributed by atoms with E-state index in [-0.39, 0.29) is 12.1 Å². The van der Waals surface area contributed by atoms with Gasteiger partial charge in [0.1, 0.15) is 12.1 Å². The van der Waals surface area contributed by atoms with Crippen LogP contribution in [-0.2, 0) is 9.53 Å². The first kappa shape index (κ1) is 16.5. The van der Waals surface area contributed by atoms with Crippen molar-refractivity contribution in [2.45, 2.75) is 72.4 Å². The Hall–Kier alpha value is -0.570. The van der Waals surface area contributed by atoms with Crippen molar-refractivity contribution in [3.05, 3.63) is 0 Å². The number of esters is 1. The predicted molar refractivity (Wildman–Crippen MR) is 78.7 cm³/mol. The smallest absolute Gasteiger partial charge is 0.323 e. The molecular weight excluding hydrogens is 238 g/mol. The van der Waals surface area contributed by atoms with E-state index in [9.17, 15) is 4.79 Å². The van der Waals surface area contributed by atoms with E-state index in [4.69, 9.17) is 10.5 Å². The summed E-state index contributed by atoms with van der Waals surface area (Å²) in [7, 11) is 0. The first-order valence-electron chi connectivity index (χ1n) is 7.77. The molecule has 3 nitrogen and oxygen atoms in total. The van der Waals surface area contributed by atoms with Crippen molar-refractivity contribution in [2.75, 3.05) is 0 Å². The number of hydrogen-bond acceptors (Lipinski definition) is 3. The van der Waals surface area contributed by atoms with Gasteiger partial charge in [-0.3, -0.25) is 4.79 Å². The van der Waals surface area contributed by atoms with Crippen LogP contribution < -0.4 is 5.73 Å². The van der Waals surface area contributed by atoms with Crippen LogP contribution in [0.25, 0.3) is 0 Å². The highest BCUT2D eigenvalue weighted by Crippen LogP contribution is 2.35. The SMILES string of the molecule is CC(C)C[C@H](N)C(=O)OC1C[C@@H](C)CC[C@@H]1C(C)C. The fourth-order valence-corrected chi connectivity index (χ4v) is 3.09. The largest absolute Gasteiger partial charge is 0.461 e. The van der Waals surface area contributed by atoms with Crippen LogP contribution in [0.4, 0.5) is 0 Å². The van der Waals surface area contributed by atoms with Gasteiger partial charge in [-0.2, -0.15) is 0 Å². The quantitative estimate of drug-likeness (QED) is 0.779. The monoisotopic (exact) mass is 269 g/mol. The molecule has 0 aromatic heterocycles. The zero-order chi connectivity index (χ0) is 14.6. The molecule has 0 aliphatic heterocycles. The number of rotatable bonds is 5. The Morgan fingerprint density at radius 1 is 1.26 bits per heavy atom. The van der Waals surface area contributed by atoms with Gasteiger partial charge in [0, 0.05) is 0 Å². The highest BCUT2D eigenvalue weighted by molar-refractivity contribution is 5.75. The zero-order valence-corrected chi connectivity index (χ0v) is 13.2. The molecule has 1 saturated carbocycles. The van der Waals surface area contributed by atoms with Crippen molar-refractivity contribution in [2.24, 2.45) is 29.4 Å². The molecule has 1 aliphatic carbocycles. The van der Waals surface area contributed by atoms with Gasteiger partial charge < -0.3 is 10.5 Å². The Labute approximate surface area is 118 Å². The van der Waals surface area contributed by atoms with E-state index >= 15 is 0 Å². The summed E-state index contributed by atoms with van der Waals surface area (Å²) in [4.78, 5) is 12.1. The molecule has 1 fully saturated rings. The van der Waals surface area contributed by atoms with Crippen LogP contribution in [0.2, 0.25) is 0 Å². The zero-order valence-electron chi connectivity index (χ0n) is 13.2. The lowest BCUT2D eigenvalue weighted by molar-refractivity contribution is -0.157. The third kappa shape index (κ3) is 5.13. The maximum Gasteiger partial charge on any atom is 0.323 e. The molecule has 0 heterocycles. The van der Waals surface area contributed by atoms with E-state index in [0.717, 1.165) is 12.8 Å². The molecule has 4 atom stereocenters. The second-order valence-electron chi connectivity index (χ2n) is 7.04. The van der Waals surface area contributed by atoms with Gasteiger partial charge in [-0.05, 0) is 42.9 Å². The molecule has 0 radical (unpaired) electrons. The summed E-state index contributed by atoms with van der Waals surface area (Å²) in [5, 5.41) is 0. The third-order valence-corrected chi connectivity index (χ3v) is 4.26. The van der Waals surface area contributed by atoms with Crippen LogP contribution in [0.15, 0.2) is 0 Å². The molecule has 19 heavy (non-hydrogen) atoms. The fourth-order valence-electron chi connectivity index (χ4n) is 3.09. The molecule has 0 saturated heterocycles. The minimum atomic E-state index is -0.468. The van der Waals surface area contributed by atoms with Crippen LogP contribution >= 0.6 is 0 Å². The van der Waals surface area contributed by atoms with Gasteiger partial charge in [-0.25, -0.2) is 0 Å². The summed E-state index contributed by atoms with van der Waals surface area (Å²) in [5.41, 5.74) is 5.92. The second kappa shape index (κ2) is 7.28. The average molecular weight is 269 g/mol. The van der Waals surface area contributed by atoms with Crippen molar-refractivity contribution < 1.29 is 9.53 Å². The molecule has 0 aromatic carbocycles. The van der Waals surface area contributed by atoms with E-state index in [1.807, 2.05) is 0 Å². The van der Waals surface area contributed by atoms with Gasteiger partial charge in [-0.15, -0.1) is 0 Å². The normalized spacial score (nSPS) is 29.6. The highest BCUT2D eigenvalue weighted by Gasteiger charge is 2.34. The van der Waals surface area contributed by atoms with Crippen LogP contribution in [0.5, 0.6) is 0 Å². The summed E-state index contributed by atoms with van der Waals surface area (Å²) in [6, 6.07) is -0.468. The lowest BCUT2D eigenvalue weighted by Gasteiger charge is -2.37. The van der Waals surface area contributed by atoms with E-state index in [1.54, 1.807) is 0 Å². The molecule has 0 spiro atoms. The third-order valence-electron chi connectivity index (χ3n) is 4.26. The molecule has 3 heteroatoms. The summed E-state index contributed by atoms with van der Waals surface area (Å²) < 4.78 is 5.73. The van der Waals surface area contributed by atoms with Crippen LogP contribution in [-0.4, -0.2) is 18.1 Å². The number of carbonyl (C=O) groups excluding carboxylic acids is 1. The van der Waals surface area contributed by atoms with Crippen LogP contribution in [0.1, 0.15) is 60.3 Å². The van der Waals surface area contributed by atoms with Gasteiger partial charge in [0.15, 0.2) is 0 Å². The van der Waals surface area contributed by atoms with Crippen LogP contribution in [0.3, 0.4) is 0 Å². The predicted octanol–water partition coefficient (Wildman–Crippen LogP) is 3.36. The number of ether oxygens (including phenoxy) is 1. The Bertz CT molecular complexity index is 288. The molecule has 0 aromatic rings. The average Bonchev–Trinajstić information content (AvgIpc) is 2.27. The minimum Gasteiger partial charge on any atom is -0.461 e. The molecule has 2 N–H and O–H groups in total. The Kier molecular flexibility index (Phi) is 6.31. The molecule has 0 amide bonds. The summed E-state index contributed by atoms with van der Waals surface area (Å²) in [6.45, 7) is 10.8. The molecule has 1 unspecified atom stereocenters. The van der Waals surface area contributed by atoms with Crippen molar-refractivity contribution >= 4 is 5.97 Å². The number of hydrogen-bond donors (Lipinski definition) is 1. The van der Waals surface area contributed by atoms with Gasteiger partial charge in [0.05, 0.1) is 0 Å². The number of nitrogens with two attached hydrogens (primary N) is 1. The summed E-state index contributed by atoms with van der Waals surface area (Å²) in [5.74, 6) is 1.92. The van der Waals surface area contributed by atoms with Gasteiger partial charge >= 0.3 is 5.97 Å². The van der Waals surface area contributed by atoms with Crippen molar-refractivity contribution in [3.8, 4) is 0 Å². The standard InChI is InChI=1S/C16H31NO2/c1-10(2)8-14(17)16(18)19-15-9-12(5)6-7-13(15)11(3)4/h10-15H,6-9,17H2,1-5H3/t12-,13+,14-,15?/m0/s1. The minimum absolute atomic E-state index is 0.0643. The summed E-state index contributed by atoms with van der Waals surface area (Å²) in [6.07, 6.45) is 4.16. The maximum absolute atomic E-state index is 12.1. The topological polar surface area (TPSA) is 52.3 Å². The fraction of sp³-hybridized carbons (Fsp3) is 0.938. The van der Waals surface area contributed by atoms with Gasteiger partial charge in [-0.1, -0.05) is 41.0 Å². The first-order valence-corrected chi connectivity index (χ1v) is 7.77. The summed E-state index contributed by atoms with van der Waals surface area (Å²) >= 11 is 0. The van der Waals surface area contributed by atoms with E-state index < -0.39 is 6.04 Å². The van der Waals surface area contributed by atoms with Crippen molar-refractivity contribution in [1.29, 1.82) is 0 Å². The molecular formula is C16H31NO2.